The molecule has 0 aliphatic rings. The number of hydrogen-bond acceptors (Lipinski definition) is 5. The first-order valence-corrected chi connectivity index (χ1v) is 28.6. The zero-order valence-electron chi connectivity index (χ0n) is 44.8. The maximum Gasteiger partial charge on any atom is 0.306 e. The Hall–Kier alpha value is -3.93. The molecule has 6 nitrogen and oxygen atoms in total. The fraction of sp³-hybridized carbons (Fsp3) is 0.667. The molecule has 0 spiro atoms. The van der Waals surface area contributed by atoms with E-state index in [0.717, 1.165) is 141 Å². The van der Waals surface area contributed by atoms with Gasteiger partial charge in [-0.15, -0.1) is 0 Å². The van der Waals surface area contributed by atoms with E-state index in [1.54, 1.807) is 4.90 Å². The van der Waals surface area contributed by atoms with Crippen molar-refractivity contribution in [3.05, 3.63) is 103 Å². The van der Waals surface area contributed by atoms with Crippen LogP contribution in [0.5, 0.6) is 0 Å². The number of amides is 1. The predicted molar refractivity (Wildman–Crippen MR) is 298 cm³/mol. The lowest BCUT2D eigenvalue weighted by Gasteiger charge is -2.28. The zero-order valence-corrected chi connectivity index (χ0v) is 44.8. The monoisotopic (exact) mass is 954 g/mol. The van der Waals surface area contributed by atoms with E-state index in [2.05, 4.69) is 93.7 Å². The van der Waals surface area contributed by atoms with Gasteiger partial charge in [-0.1, -0.05) is 215 Å². The normalized spacial score (nSPS) is 12.5. The Labute approximate surface area is 425 Å². The van der Waals surface area contributed by atoms with Crippen molar-refractivity contribution >= 4 is 23.5 Å². The summed E-state index contributed by atoms with van der Waals surface area (Å²) in [7, 11) is 0. The molecule has 0 fully saturated rings. The molecule has 0 aliphatic carbocycles. The van der Waals surface area contributed by atoms with Gasteiger partial charge in [-0.2, -0.15) is 0 Å². The zero-order chi connectivity index (χ0) is 49.8. The van der Waals surface area contributed by atoms with Crippen molar-refractivity contribution in [1.82, 2.24) is 0 Å². The van der Waals surface area contributed by atoms with Crippen LogP contribution in [0.15, 0.2) is 103 Å². The summed E-state index contributed by atoms with van der Waals surface area (Å²) in [5.74, 6) is -0.578. The lowest BCUT2D eigenvalue weighted by Crippen LogP contribution is -2.41. The Kier molecular flexibility index (Phi) is 46.1. The van der Waals surface area contributed by atoms with Gasteiger partial charge in [-0.05, 0) is 121 Å². The summed E-state index contributed by atoms with van der Waals surface area (Å²) < 4.78 is 11.8. The summed E-state index contributed by atoms with van der Waals surface area (Å²) in [4.78, 5) is 41.9. The van der Waals surface area contributed by atoms with E-state index in [4.69, 9.17) is 9.47 Å². The second kappa shape index (κ2) is 50.5. The molecule has 1 aromatic rings. The molecule has 390 valence electrons. The van der Waals surface area contributed by atoms with Crippen LogP contribution in [0.25, 0.3) is 0 Å². The molecule has 69 heavy (non-hydrogen) atoms. The molecule has 1 atom stereocenters. The molecule has 0 heterocycles. The second-order valence-electron chi connectivity index (χ2n) is 19.1. The highest BCUT2D eigenvalue weighted by molar-refractivity contribution is 5.93. The Morgan fingerprint density at radius 1 is 0.435 bits per heavy atom. The molecular weight excluding hydrogens is 851 g/mol. The van der Waals surface area contributed by atoms with Gasteiger partial charge in [0.2, 0.25) is 5.91 Å². The third-order valence-electron chi connectivity index (χ3n) is 12.5. The highest BCUT2D eigenvalue weighted by atomic mass is 16.6. The van der Waals surface area contributed by atoms with E-state index >= 15 is 0 Å². The second-order valence-corrected chi connectivity index (χ2v) is 19.1. The molecule has 0 aromatic heterocycles. The minimum Gasteiger partial charge on any atom is -0.462 e. The summed E-state index contributed by atoms with van der Waals surface area (Å²) >= 11 is 0. The van der Waals surface area contributed by atoms with Crippen molar-refractivity contribution in [1.29, 1.82) is 0 Å². The molecule has 0 aliphatic heterocycles. The maximum atomic E-state index is 13.9. The van der Waals surface area contributed by atoms with Gasteiger partial charge >= 0.3 is 11.9 Å². The molecule has 1 aromatic carbocycles. The van der Waals surface area contributed by atoms with Gasteiger partial charge < -0.3 is 14.4 Å². The average Bonchev–Trinajstić information content (AvgIpc) is 3.36. The number of esters is 2. The lowest BCUT2D eigenvalue weighted by molar-refractivity contribution is -0.158. The number of hydrogen-bond donors (Lipinski definition) is 0. The number of unbranched alkanes of at least 4 members (excludes halogenated alkanes) is 24. The molecule has 0 radical (unpaired) electrons. The van der Waals surface area contributed by atoms with Gasteiger partial charge in [0.1, 0.15) is 6.61 Å². The third-order valence-corrected chi connectivity index (χ3v) is 12.5. The Balaban J connectivity index is 2.63. The van der Waals surface area contributed by atoms with E-state index in [0.29, 0.717) is 19.3 Å². The van der Waals surface area contributed by atoms with Crippen LogP contribution in [0.3, 0.4) is 0 Å². The lowest BCUT2D eigenvalue weighted by atomic mass is 10.1. The van der Waals surface area contributed by atoms with Gasteiger partial charge in [0.15, 0.2) is 6.10 Å². The van der Waals surface area contributed by atoms with E-state index in [1.807, 2.05) is 30.3 Å². The molecule has 6 heteroatoms. The van der Waals surface area contributed by atoms with Crippen LogP contribution in [0.2, 0.25) is 0 Å². The first-order valence-electron chi connectivity index (χ1n) is 28.6. The molecule has 0 N–H and O–H groups in total. The Morgan fingerprint density at radius 3 is 1.30 bits per heavy atom. The smallest absolute Gasteiger partial charge is 0.306 e. The molecule has 1 amide bonds. The third kappa shape index (κ3) is 42.7. The van der Waals surface area contributed by atoms with Gasteiger partial charge in [-0.25, -0.2) is 0 Å². The SMILES string of the molecule is CC/C=C\C/C=C\C/C=C\CCCCCCCC(=O)N(CC(COC(=O)CCCCCCC/C=C\C/C=C\CCCCC)OC(=O)CCCCCCC/C=C\CCCCCCCC)c1ccccc1. The number of benzene rings is 1. The number of para-hydroxylation sites is 1. The van der Waals surface area contributed by atoms with Crippen LogP contribution in [-0.2, 0) is 23.9 Å². The largest absolute Gasteiger partial charge is 0.462 e. The molecule has 0 saturated heterocycles. The van der Waals surface area contributed by atoms with Crippen LogP contribution in [0.4, 0.5) is 5.69 Å². The van der Waals surface area contributed by atoms with Crippen molar-refractivity contribution in [3.8, 4) is 0 Å². The van der Waals surface area contributed by atoms with Crippen molar-refractivity contribution in [2.24, 2.45) is 0 Å². The van der Waals surface area contributed by atoms with Crippen LogP contribution in [0.1, 0.15) is 252 Å². The van der Waals surface area contributed by atoms with Crippen molar-refractivity contribution in [2.45, 2.75) is 258 Å². The standard InChI is InChI=1S/C63H103NO5/c1-4-7-10-13-16-19-22-25-28-31-34-37-40-43-49-54-61(65)64(59-52-47-46-48-53-59)57-60(69-63(67)56-51-45-42-39-36-33-30-27-24-21-18-15-12-9-6-3)58-68-62(66)55-50-44-41-38-35-32-29-26-23-20-17-14-11-8-5-2/h7,10,16-17,19-20,25-30,46-48,52-53,60H,4-6,8-9,11-15,18,21-24,31-45,49-51,54-58H2,1-3H3/b10-7-,19-16-,20-17-,28-25-,29-26-,30-27-. The van der Waals surface area contributed by atoms with Gasteiger partial charge in [-0.3, -0.25) is 14.4 Å². The minimum atomic E-state index is -0.750. The molecule has 0 saturated carbocycles. The van der Waals surface area contributed by atoms with Gasteiger partial charge in [0, 0.05) is 24.9 Å². The topological polar surface area (TPSA) is 72.9 Å². The van der Waals surface area contributed by atoms with E-state index < -0.39 is 6.10 Å². The highest BCUT2D eigenvalue weighted by Crippen LogP contribution is 2.20. The summed E-state index contributed by atoms with van der Waals surface area (Å²) in [6.45, 7) is 6.75. The molecule has 1 unspecified atom stereocenters. The summed E-state index contributed by atoms with van der Waals surface area (Å²) in [6.07, 6.45) is 64.7. The van der Waals surface area contributed by atoms with Crippen LogP contribution in [-0.4, -0.2) is 37.1 Å². The number of anilines is 1. The quantitative estimate of drug-likeness (QED) is 0.0370. The number of allylic oxidation sites excluding steroid dienone is 12. The summed E-state index contributed by atoms with van der Waals surface area (Å²) in [5.41, 5.74) is 0.760. The van der Waals surface area contributed by atoms with Gasteiger partial charge in [0.05, 0.1) is 6.54 Å². The average molecular weight is 955 g/mol. The van der Waals surface area contributed by atoms with Crippen LogP contribution < -0.4 is 4.90 Å². The number of carbonyl (C=O) groups excluding carboxylic acids is 3. The number of ether oxygens (including phenoxy) is 2. The molecule has 0 bridgehead atoms. The fourth-order valence-corrected chi connectivity index (χ4v) is 8.24. The number of rotatable bonds is 48. The first-order chi connectivity index (χ1) is 34.0. The Bertz CT molecular complexity index is 1510. The fourth-order valence-electron chi connectivity index (χ4n) is 8.24. The van der Waals surface area contributed by atoms with E-state index in [1.165, 1.54) is 77.0 Å². The molecule has 1 rings (SSSR count). The summed E-state index contributed by atoms with van der Waals surface area (Å²) in [6, 6.07) is 9.62. The first kappa shape index (κ1) is 63.1. The van der Waals surface area contributed by atoms with Gasteiger partial charge in [0.25, 0.3) is 0 Å². The predicted octanol–water partition coefficient (Wildman–Crippen LogP) is 18.9. The van der Waals surface area contributed by atoms with E-state index in [-0.39, 0.29) is 31.0 Å². The highest BCUT2D eigenvalue weighted by Gasteiger charge is 2.25. The number of carbonyl (C=O) groups is 3. The van der Waals surface area contributed by atoms with E-state index in [9.17, 15) is 14.4 Å². The Morgan fingerprint density at radius 2 is 0.812 bits per heavy atom. The van der Waals surface area contributed by atoms with Crippen molar-refractivity contribution in [2.75, 3.05) is 18.1 Å². The maximum absolute atomic E-state index is 13.9. The summed E-state index contributed by atoms with van der Waals surface area (Å²) in [5, 5.41) is 0. The van der Waals surface area contributed by atoms with Crippen LogP contribution in [0, 0.1) is 0 Å². The van der Waals surface area contributed by atoms with Crippen molar-refractivity contribution < 1.29 is 23.9 Å². The van der Waals surface area contributed by atoms with Crippen LogP contribution >= 0.6 is 0 Å². The van der Waals surface area contributed by atoms with Crippen molar-refractivity contribution in [3.63, 3.8) is 0 Å². The minimum absolute atomic E-state index is 0.00265. The number of nitrogens with zero attached hydrogens (tertiary/aromatic N) is 1. The molecular formula is C63H103NO5.